The van der Waals surface area contributed by atoms with Gasteiger partial charge < -0.3 is 14.9 Å². The van der Waals surface area contributed by atoms with Gasteiger partial charge in [-0.2, -0.15) is 0 Å². The van der Waals surface area contributed by atoms with Crippen molar-refractivity contribution in [1.29, 1.82) is 0 Å². The lowest BCUT2D eigenvalue weighted by atomic mass is 9.93. The van der Waals surface area contributed by atoms with Gasteiger partial charge >= 0.3 is 5.97 Å². The second-order valence-electron chi connectivity index (χ2n) is 4.58. The van der Waals surface area contributed by atoms with Crippen molar-refractivity contribution in [3.63, 3.8) is 0 Å². The van der Waals surface area contributed by atoms with Gasteiger partial charge in [0.25, 0.3) is 10.0 Å². The normalized spacial score (nSPS) is 18.9. The number of aliphatic hydroxyl groups is 1. The van der Waals surface area contributed by atoms with Gasteiger partial charge in [-0.3, -0.25) is 0 Å². The molecule has 1 fully saturated rings. The van der Waals surface area contributed by atoms with Gasteiger partial charge in [-0.05, 0) is 25.0 Å². The predicted octanol–water partition coefficient (Wildman–Crippen LogP) is 0.266. The van der Waals surface area contributed by atoms with E-state index in [1.54, 1.807) is 0 Å². The lowest BCUT2D eigenvalue weighted by molar-refractivity contribution is 0.0223. The molecule has 2 rings (SSSR count). The Balaban J connectivity index is 2.23. The number of hydrogen-bond acceptors (Lipinski definition) is 6. The van der Waals surface area contributed by atoms with Crippen LogP contribution in [-0.2, 0) is 14.8 Å². The SMILES string of the molecule is O=C(O)c1ccc(S(=O)(=O)NC2(CO)CCOCC2)s1. The van der Waals surface area contributed by atoms with E-state index < -0.39 is 21.5 Å². The first-order valence-electron chi connectivity index (χ1n) is 5.94. The number of carbonyl (C=O) groups is 1. The van der Waals surface area contributed by atoms with Crippen LogP contribution in [0.4, 0.5) is 0 Å². The number of ether oxygens (including phenoxy) is 1. The maximum Gasteiger partial charge on any atom is 0.345 e. The molecule has 112 valence electrons. The van der Waals surface area contributed by atoms with E-state index in [2.05, 4.69) is 4.72 Å². The van der Waals surface area contributed by atoms with E-state index >= 15 is 0 Å². The Labute approximate surface area is 120 Å². The average molecular weight is 321 g/mol. The second-order valence-corrected chi connectivity index (χ2v) is 7.57. The van der Waals surface area contributed by atoms with Gasteiger partial charge in [-0.15, -0.1) is 11.3 Å². The summed E-state index contributed by atoms with van der Waals surface area (Å²) < 4.78 is 32.1. The van der Waals surface area contributed by atoms with Gasteiger partial charge in [0.2, 0.25) is 0 Å². The van der Waals surface area contributed by atoms with Crippen LogP contribution in [0.25, 0.3) is 0 Å². The van der Waals surface area contributed by atoms with E-state index in [0.29, 0.717) is 37.4 Å². The van der Waals surface area contributed by atoms with Crippen molar-refractivity contribution in [3.05, 3.63) is 17.0 Å². The average Bonchev–Trinajstić information content (AvgIpc) is 2.90. The van der Waals surface area contributed by atoms with Crippen LogP contribution < -0.4 is 4.72 Å². The van der Waals surface area contributed by atoms with Gasteiger partial charge in [-0.1, -0.05) is 0 Å². The maximum absolute atomic E-state index is 12.3. The molecule has 1 aliphatic heterocycles. The molecule has 0 radical (unpaired) electrons. The summed E-state index contributed by atoms with van der Waals surface area (Å²) in [6.45, 7) is 0.411. The third-order valence-corrected chi connectivity index (χ3v) is 6.30. The minimum absolute atomic E-state index is 0.0459. The zero-order valence-corrected chi connectivity index (χ0v) is 12.2. The van der Waals surface area contributed by atoms with E-state index in [1.807, 2.05) is 0 Å². The second kappa shape index (κ2) is 5.78. The first kappa shape index (κ1) is 15.4. The topological polar surface area (TPSA) is 113 Å². The molecule has 0 atom stereocenters. The molecule has 1 aromatic heterocycles. The molecule has 0 aliphatic carbocycles. The summed E-state index contributed by atoms with van der Waals surface area (Å²) in [6, 6.07) is 2.50. The first-order chi connectivity index (χ1) is 9.38. The number of carboxylic acids is 1. The summed E-state index contributed by atoms with van der Waals surface area (Å²) in [6.07, 6.45) is 0.750. The fourth-order valence-electron chi connectivity index (χ4n) is 1.97. The van der Waals surface area contributed by atoms with Crippen LogP contribution in [0.3, 0.4) is 0 Å². The molecule has 20 heavy (non-hydrogen) atoms. The van der Waals surface area contributed by atoms with Gasteiger partial charge in [0.1, 0.15) is 9.09 Å². The standard InChI is InChI=1S/C11H15NO6S2/c13-7-11(3-5-18-6-4-11)12-20(16,17)9-2-1-8(19-9)10(14)15/h1-2,12-13H,3-7H2,(H,14,15). The van der Waals surface area contributed by atoms with E-state index in [1.165, 1.54) is 12.1 Å². The van der Waals surface area contributed by atoms with Gasteiger partial charge in [0.15, 0.2) is 0 Å². The highest BCUT2D eigenvalue weighted by Crippen LogP contribution is 2.26. The Kier molecular flexibility index (Phi) is 4.45. The highest BCUT2D eigenvalue weighted by Gasteiger charge is 2.37. The van der Waals surface area contributed by atoms with Crippen molar-refractivity contribution >= 4 is 27.3 Å². The number of thiophene rings is 1. The fourth-order valence-corrected chi connectivity index (χ4v) is 4.57. The Bertz CT molecular complexity index is 588. The molecule has 2 heterocycles. The van der Waals surface area contributed by atoms with E-state index in [4.69, 9.17) is 9.84 Å². The largest absolute Gasteiger partial charge is 0.477 e. The van der Waals surface area contributed by atoms with E-state index in [0.717, 1.165) is 0 Å². The number of hydrogen-bond donors (Lipinski definition) is 3. The highest BCUT2D eigenvalue weighted by molar-refractivity contribution is 7.91. The van der Waals surface area contributed by atoms with Crippen molar-refractivity contribution in [3.8, 4) is 0 Å². The Morgan fingerprint density at radius 1 is 1.40 bits per heavy atom. The number of nitrogens with one attached hydrogen (secondary N) is 1. The summed E-state index contributed by atoms with van der Waals surface area (Å²) in [5, 5.41) is 18.3. The van der Waals surface area contributed by atoms with E-state index in [9.17, 15) is 18.3 Å². The molecule has 1 aliphatic rings. The van der Waals surface area contributed by atoms with Crippen LogP contribution in [-0.4, -0.2) is 50.0 Å². The van der Waals surface area contributed by atoms with Gasteiger partial charge in [0.05, 0.1) is 12.1 Å². The third kappa shape index (κ3) is 3.18. The lowest BCUT2D eigenvalue weighted by Gasteiger charge is -2.35. The molecular weight excluding hydrogens is 306 g/mol. The monoisotopic (exact) mass is 321 g/mol. The maximum atomic E-state index is 12.3. The minimum atomic E-state index is -3.85. The molecule has 7 nitrogen and oxygen atoms in total. The number of aromatic carboxylic acids is 1. The predicted molar refractivity (Wildman–Crippen MR) is 71.5 cm³/mol. The molecule has 0 aromatic carbocycles. The molecule has 9 heteroatoms. The van der Waals surface area contributed by atoms with Gasteiger partial charge in [0, 0.05) is 13.2 Å². The molecule has 0 spiro atoms. The molecule has 0 saturated carbocycles. The molecule has 1 saturated heterocycles. The molecule has 3 N–H and O–H groups in total. The fraction of sp³-hybridized carbons (Fsp3) is 0.545. The molecule has 0 amide bonds. The number of carboxylic acid groups (broad SMARTS) is 1. The summed E-state index contributed by atoms with van der Waals surface area (Å²) >= 11 is 0.683. The zero-order valence-electron chi connectivity index (χ0n) is 10.5. The smallest absolute Gasteiger partial charge is 0.345 e. The molecule has 0 bridgehead atoms. The number of rotatable bonds is 5. The van der Waals surface area contributed by atoms with Crippen LogP contribution in [0.2, 0.25) is 0 Å². The first-order valence-corrected chi connectivity index (χ1v) is 8.24. The number of aliphatic hydroxyl groups excluding tert-OH is 1. The van der Waals surface area contributed by atoms with Crippen LogP contribution in [0.15, 0.2) is 16.3 Å². The molecule has 0 unspecified atom stereocenters. The van der Waals surface area contributed by atoms with E-state index in [-0.39, 0.29) is 15.7 Å². The van der Waals surface area contributed by atoms with Crippen molar-refractivity contribution in [1.82, 2.24) is 4.72 Å². The molecule has 1 aromatic rings. The number of sulfonamides is 1. The summed E-state index contributed by atoms with van der Waals surface area (Å²) in [7, 11) is -3.85. The van der Waals surface area contributed by atoms with Crippen LogP contribution >= 0.6 is 11.3 Å². The Hall–Kier alpha value is -1.00. The van der Waals surface area contributed by atoms with Crippen LogP contribution in [0.5, 0.6) is 0 Å². The lowest BCUT2D eigenvalue weighted by Crippen LogP contribution is -2.54. The Morgan fingerprint density at radius 2 is 2.05 bits per heavy atom. The Morgan fingerprint density at radius 3 is 2.55 bits per heavy atom. The quantitative estimate of drug-likeness (QED) is 0.717. The van der Waals surface area contributed by atoms with Crippen molar-refractivity contribution in [2.75, 3.05) is 19.8 Å². The highest BCUT2D eigenvalue weighted by atomic mass is 32.2. The van der Waals surface area contributed by atoms with Crippen LogP contribution in [0, 0.1) is 0 Å². The minimum Gasteiger partial charge on any atom is -0.477 e. The summed E-state index contributed by atoms with van der Waals surface area (Å²) in [4.78, 5) is 10.7. The van der Waals surface area contributed by atoms with Crippen LogP contribution in [0.1, 0.15) is 22.5 Å². The summed E-state index contributed by atoms with van der Waals surface area (Å²) in [5.41, 5.74) is -0.940. The zero-order chi connectivity index (χ0) is 14.8. The molecular formula is C11H15NO6S2. The van der Waals surface area contributed by atoms with Crippen molar-refractivity contribution in [2.45, 2.75) is 22.6 Å². The van der Waals surface area contributed by atoms with Crippen molar-refractivity contribution < 1.29 is 28.2 Å². The van der Waals surface area contributed by atoms with Crippen molar-refractivity contribution in [2.24, 2.45) is 0 Å². The van der Waals surface area contributed by atoms with Gasteiger partial charge in [-0.25, -0.2) is 17.9 Å². The summed E-state index contributed by atoms with van der Waals surface area (Å²) in [5.74, 6) is -1.17. The third-order valence-electron chi connectivity index (χ3n) is 3.16.